The van der Waals surface area contributed by atoms with Crippen molar-refractivity contribution in [2.24, 2.45) is 11.8 Å². The molecule has 1 N–H and O–H groups in total. The second-order valence-corrected chi connectivity index (χ2v) is 9.63. The zero-order valence-electron chi connectivity index (χ0n) is 19.4. The fourth-order valence-corrected chi connectivity index (χ4v) is 5.05. The van der Waals surface area contributed by atoms with Gasteiger partial charge in [0.05, 0.1) is 11.8 Å². The van der Waals surface area contributed by atoms with E-state index in [1.165, 1.54) is 0 Å². The molecule has 0 saturated carbocycles. The lowest BCUT2D eigenvalue weighted by molar-refractivity contribution is -0.159. The maximum Gasteiger partial charge on any atom is 0.330 e. The molecule has 0 radical (unpaired) electrons. The minimum atomic E-state index is -1.13. The summed E-state index contributed by atoms with van der Waals surface area (Å²) in [6.45, 7) is 1.46. The van der Waals surface area contributed by atoms with Crippen LogP contribution in [0.2, 0.25) is 0 Å². The summed E-state index contributed by atoms with van der Waals surface area (Å²) in [7, 11) is 0. The first kappa shape index (κ1) is 24.9. The summed E-state index contributed by atoms with van der Waals surface area (Å²) in [6, 6.07) is 13.5. The predicted octanol–water partition coefficient (Wildman–Crippen LogP) is 4.06. The van der Waals surface area contributed by atoms with Gasteiger partial charge in [0.25, 0.3) is 5.91 Å². The number of likely N-dealkylation sites (tertiary alicyclic amines) is 1. The molecule has 0 bridgehead atoms. The van der Waals surface area contributed by atoms with Crippen molar-refractivity contribution in [2.75, 3.05) is 11.9 Å². The maximum atomic E-state index is 13.2. The average molecular weight is 539 g/mol. The molecule has 0 spiro atoms. The number of nitrogens with zero attached hydrogens (tertiary/aromatic N) is 1. The van der Waals surface area contributed by atoms with Crippen LogP contribution in [-0.2, 0) is 36.8 Å². The van der Waals surface area contributed by atoms with Crippen LogP contribution in [0, 0.1) is 11.8 Å². The number of nitrogens with one attached hydrogen (secondary N) is 1. The topological polar surface area (TPSA) is 92.8 Å². The zero-order valence-corrected chi connectivity index (χ0v) is 21.0. The summed E-state index contributed by atoms with van der Waals surface area (Å²) in [6.07, 6.45) is 5.60. The van der Waals surface area contributed by atoms with Crippen LogP contribution in [0.3, 0.4) is 0 Å². The number of anilines is 1. The Kier molecular flexibility index (Phi) is 7.80. The van der Waals surface area contributed by atoms with Gasteiger partial charge in [-0.05, 0) is 48.6 Å². The van der Waals surface area contributed by atoms with Gasteiger partial charge in [-0.25, -0.2) is 4.79 Å². The van der Waals surface area contributed by atoms with Crippen LogP contribution >= 0.6 is 15.9 Å². The third kappa shape index (κ3) is 5.53. The molecule has 2 aliphatic rings. The van der Waals surface area contributed by atoms with Crippen LogP contribution in [0.5, 0.6) is 0 Å². The van der Waals surface area contributed by atoms with E-state index in [1.54, 1.807) is 6.07 Å². The fraction of sp³-hybridized carbons (Fsp3) is 0.333. The number of ether oxygens (including phenoxy) is 1. The number of hydrogen-bond acceptors (Lipinski definition) is 5. The molecular weight excluding hydrogens is 512 g/mol. The number of halogens is 1. The number of benzene rings is 2. The van der Waals surface area contributed by atoms with Gasteiger partial charge in [-0.3, -0.25) is 19.3 Å². The molecule has 0 unspecified atom stereocenters. The molecule has 3 amide bonds. The molecule has 1 fully saturated rings. The lowest BCUT2D eigenvalue weighted by Crippen LogP contribution is -2.48. The third-order valence-electron chi connectivity index (χ3n) is 6.47. The SMILES string of the molecule is CCc1cc(Br)ccc1NC(=O)COC(=O)[C@@H](Cc1ccccc1)N1C(=O)[C@H]2CC=CC[C@H]2C1=O. The Bertz CT molecular complexity index is 1140. The van der Waals surface area contributed by atoms with Crippen LogP contribution in [-0.4, -0.2) is 41.2 Å². The van der Waals surface area contributed by atoms with Crippen LogP contribution in [0.1, 0.15) is 30.9 Å². The van der Waals surface area contributed by atoms with Gasteiger partial charge in [-0.15, -0.1) is 0 Å². The molecule has 8 heteroatoms. The number of hydrogen-bond donors (Lipinski definition) is 1. The van der Waals surface area contributed by atoms with Gasteiger partial charge >= 0.3 is 5.97 Å². The summed E-state index contributed by atoms with van der Waals surface area (Å²) in [5, 5.41) is 2.77. The lowest BCUT2D eigenvalue weighted by atomic mass is 9.85. The van der Waals surface area contributed by atoms with E-state index in [2.05, 4.69) is 21.2 Å². The van der Waals surface area contributed by atoms with Crippen molar-refractivity contribution >= 4 is 45.3 Å². The van der Waals surface area contributed by atoms with Gasteiger partial charge in [0.2, 0.25) is 11.8 Å². The summed E-state index contributed by atoms with van der Waals surface area (Å²) in [4.78, 5) is 53.1. The van der Waals surface area contributed by atoms with E-state index in [1.807, 2.05) is 61.5 Å². The molecule has 7 nitrogen and oxygen atoms in total. The van der Waals surface area contributed by atoms with Gasteiger partial charge in [0.15, 0.2) is 6.61 Å². The van der Waals surface area contributed by atoms with Crippen molar-refractivity contribution in [1.82, 2.24) is 4.90 Å². The molecular formula is C27H27BrN2O5. The zero-order chi connectivity index (χ0) is 24.9. The highest BCUT2D eigenvalue weighted by atomic mass is 79.9. The third-order valence-corrected chi connectivity index (χ3v) is 6.96. The largest absolute Gasteiger partial charge is 0.454 e. The second kappa shape index (κ2) is 11.0. The average Bonchev–Trinajstić information content (AvgIpc) is 3.12. The van der Waals surface area contributed by atoms with Gasteiger partial charge in [0, 0.05) is 16.6 Å². The quantitative estimate of drug-likeness (QED) is 0.311. The Balaban J connectivity index is 1.48. The van der Waals surface area contributed by atoms with Crippen LogP contribution < -0.4 is 5.32 Å². The molecule has 4 rings (SSSR count). The summed E-state index contributed by atoms with van der Waals surface area (Å²) in [5.74, 6) is -2.88. The summed E-state index contributed by atoms with van der Waals surface area (Å²) >= 11 is 3.42. The molecule has 1 saturated heterocycles. The Morgan fingerprint density at radius 2 is 1.71 bits per heavy atom. The van der Waals surface area contributed by atoms with Crippen LogP contribution in [0.4, 0.5) is 5.69 Å². The Morgan fingerprint density at radius 1 is 1.06 bits per heavy atom. The highest BCUT2D eigenvalue weighted by Crippen LogP contribution is 2.36. The number of rotatable bonds is 8. The Morgan fingerprint density at radius 3 is 2.34 bits per heavy atom. The second-order valence-electron chi connectivity index (χ2n) is 8.72. The van der Waals surface area contributed by atoms with Crippen molar-refractivity contribution < 1.29 is 23.9 Å². The molecule has 2 aromatic rings. The van der Waals surface area contributed by atoms with Gasteiger partial charge in [0.1, 0.15) is 6.04 Å². The monoisotopic (exact) mass is 538 g/mol. The predicted molar refractivity (Wildman–Crippen MR) is 134 cm³/mol. The maximum absolute atomic E-state index is 13.2. The van der Waals surface area contributed by atoms with E-state index in [4.69, 9.17) is 4.74 Å². The van der Waals surface area contributed by atoms with Gasteiger partial charge in [-0.1, -0.05) is 65.3 Å². The van der Waals surface area contributed by atoms with E-state index >= 15 is 0 Å². The lowest BCUT2D eigenvalue weighted by Gasteiger charge is -2.25. The molecule has 0 aromatic heterocycles. The molecule has 2 aromatic carbocycles. The number of carbonyl (C=O) groups is 4. The summed E-state index contributed by atoms with van der Waals surface area (Å²) in [5.41, 5.74) is 2.36. The number of imide groups is 1. The minimum Gasteiger partial charge on any atom is -0.454 e. The number of esters is 1. The van der Waals surface area contributed by atoms with Gasteiger partial charge < -0.3 is 10.1 Å². The van der Waals surface area contributed by atoms with Crippen molar-refractivity contribution in [3.63, 3.8) is 0 Å². The molecule has 182 valence electrons. The summed E-state index contributed by atoms with van der Waals surface area (Å²) < 4.78 is 6.25. The van der Waals surface area contributed by atoms with Crippen LogP contribution in [0.25, 0.3) is 0 Å². The number of allylic oxidation sites excluding steroid dienone is 2. The van der Waals surface area contributed by atoms with Crippen LogP contribution in [0.15, 0.2) is 65.2 Å². The molecule has 3 atom stereocenters. The Labute approximate surface area is 212 Å². The van der Waals surface area contributed by atoms with Crippen molar-refractivity contribution in [3.8, 4) is 0 Å². The molecule has 1 aliphatic carbocycles. The fourth-order valence-electron chi connectivity index (χ4n) is 4.65. The van der Waals surface area contributed by atoms with Crippen molar-refractivity contribution in [3.05, 3.63) is 76.3 Å². The standard InChI is InChI=1S/C27H27BrN2O5/c1-2-18-15-19(28)12-13-22(18)29-24(31)16-35-27(34)23(14-17-8-4-3-5-9-17)30-25(32)20-10-6-7-11-21(20)26(30)33/h3-9,12-13,15,20-21,23H,2,10-11,14,16H2,1H3,(H,29,31)/t20-,21+,23-/m1/s1. The Hall–Kier alpha value is -3.26. The van der Waals surface area contributed by atoms with E-state index in [0.717, 1.165) is 20.5 Å². The smallest absolute Gasteiger partial charge is 0.330 e. The first-order valence-electron chi connectivity index (χ1n) is 11.7. The number of fused-ring (bicyclic) bond motifs is 1. The van der Waals surface area contributed by atoms with E-state index in [-0.39, 0.29) is 18.2 Å². The highest BCUT2D eigenvalue weighted by molar-refractivity contribution is 9.10. The van der Waals surface area contributed by atoms with E-state index in [0.29, 0.717) is 24.9 Å². The molecule has 1 heterocycles. The molecule has 35 heavy (non-hydrogen) atoms. The minimum absolute atomic E-state index is 0.123. The highest BCUT2D eigenvalue weighted by Gasteiger charge is 2.51. The van der Waals surface area contributed by atoms with Gasteiger partial charge in [-0.2, -0.15) is 0 Å². The van der Waals surface area contributed by atoms with E-state index in [9.17, 15) is 19.2 Å². The number of aryl methyl sites for hydroxylation is 1. The number of carbonyl (C=O) groups excluding carboxylic acids is 4. The first-order valence-corrected chi connectivity index (χ1v) is 12.5. The van der Waals surface area contributed by atoms with E-state index < -0.39 is 36.4 Å². The number of amides is 3. The van der Waals surface area contributed by atoms with Crippen molar-refractivity contribution in [2.45, 2.75) is 38.6 Å². The first-order chi connectivity index (χ1) is 16.9. The normalized spacial score (nSPS) is 19.9. The molecule has 1 aliphatic heterocycles. The van der Waals surface area contributed by atoms with Crippen molar-refractivity contribution in [1.29, 1.82) is 0 Å².